The number of pyridine rings is 1. The van der Waals surface area contributed by atoms with Crippen molar-refractivity contribution >= 4 is 0 Å². The van der Waals surface area contributed by atoms with E-state index in [0.717, 1.165) is 18.4 Å². The summed E-state index contributed by atoms with van der Waals surface area (Å²) in [6.07, 6.45) is 3.21. The smallest absolute Gasteiger partial charge is 0.217 e. The van der Waals surface area contributed by atoms with E-state index in [4.69, 9.17) is 4.74 Å². The summed E-state index contributed by atoms with van der Waals surface area (Å²) >= 11 is 0. The molecule has 4 nitrogen and oxygen atoms in total. The molecule has 4 heteroatoms. The number of hydrogen-bond donors (Lipinski definition) is 2. The number of rotatable bonds is 7. The molecule has 0 aliphatic carbocycles. The predicted octanol–water partition coefficient (Wildman–Crippen LogP) is 1.73. The van der Waals surface area contributed by atoms with Crippen LogP contribution in [0.2, 0.25) is 0 Å². The zero-order valence-corrected chi connectivity index (χ0v) is 10.9. The molecule has 0 aromatic carbocycles. The summed E-state index contributed by atoms with van der Waals surface area (Å²) in [6, 6.07) is 3.85. The van der Waals surface area contributed by atoms with Crippen molar-refractivity contribution in [2.75, 3.05) is 13.7 Å². The normalized spacial score (nSPS) is 11.5. The van der Waals surface area contributed by atoms with Gasteiger partial charge in [-0.05, 0) is 18.9 Å². The number of hydrogen-bond acceptors (Lipinski definition) is 4. The summed E-state index contributed by atoms with van der Waals surface area (Å²) in [5.41, 5.74) is 0.389. The van der Waals surface area contributed by atoms with Crippen LogP contribution in [0.25, 0.3) is 0 Å². The lowest BCUT2D eigenvalue weighted by atomic mass is 9.97. The second-order valence-corrected chi connectivity index (χ2v) is 4.21. The Morgan fingerprint density at radius 3 is 2.71 bits per heavy atom. The van der Waals surface area contributed by atoms with Crippen molar-refractivity contribution in [3.63, 3.8) is 0 Å². The Morgan fingerprint density at radius 2 is 2.12 bits per heavy atom. The summed E-state index contributed by atoms with van der Waals surface area (Å²) in [4.78, 5) is 4.13. The van der Waals surface area contributed by atoms with Crippen molar-refractivity contribution in [2.24, 2.45) is 0 Å². The maximum absolute atomic E-state index is 10.1. The summed E-state index contributed by atoms with van der Waals surface area (Å²) in [5.74, 6) is 0.636. The SMILES string of the molecule is CCC(O)(CC)CNCc1cccnc1OC. The van der Waals surface area contributed by atoms with Gasteiger partial charge in [0.1, 0.15) is 0 Å². The first-order valence-corrected chi connectivity index (χ1v) is 6.06. The average Bonchev–Trinajstić information content (AvgIpc) is 2.39. The van der Waals surface area contributed by atoms with Gasteiger partial charge in [0, 0.05) is 24.8 Å². The van der Waals surface area contributed by atoms with Gasteiger partial charge in [-0.1, -0.05) is 19.9 Å². The molecule has 1 aromatic heterocycles. The molecule has 0 aliphatic rings. The molecule has 0 spiro atoms. The van der Waals surface area contributed by atoms with E-state index in [1.165, 1.54) is 0 Å². The second-order valence-electron chi connectivity index (χ2n) is 4.21. The molecule has 0 atom stereocenters. The van der Waals surface area contributed by atoms with Gasteiger partial charge < -0.3 is 15.2 Å². The highest BCUT2D eigenvalue weighted by Gasteiger charge is 2.21. The molecule has 2 N–H and O–H groups in total. The highest BCUT2D eigenvalue weighted by atomic mass is 16.5. The average molecular weight is 238 g/mol. The Balaban J connectivity index is 2.51. The van der Waals surface area contributed by atoms with Gasteiger partial charge in [-0.25, -0.2) is 4.98 Å². The van der Waals surface area contributed by atoms with Crippen LogP contribution in [0.1, 0.15) is 32.3 Å². The van der Waals surface area contributed by atoms with Crippen LogP contribution in [0.15, 0.2) is 18.3 Å². The quantitative estimate of drug-likeness (QED) is 0.759. The maximum atomic E-state index is 10.1. The minimum atomic E-state index is -0.616. The fraction of sp³-hybridized carbons (Fsp3) is 0.615. The molecule has 0 amide bonds. The number of nitrogens with one attached hydrogen (secondary N) is 1. The third-order valence-corrected chi connectivity index (χ3v) is 3.13. The van der Waals surface area contributed by atoms with E-state index in [2.05, 4.69) is 10.3 Å². The van der Waals surface area contributed by atoms with Crippen LogP contribution in [-0.4, -0.2) is 29.3 Å². The molecule has 96 valence electrons. The Labute approximate surface area is 103 Å². The molecular formula is C13H22N2O2. The zero-order valence-electron chi connectivity index (χ0n) is 10.9. The Kier molecular flexibility index (Phi) is 5.38. The summed E-state index contributed by atoms with van der Waals surface area (Å²) in [6.45, 7) is 5.23. The molecule has 1 rings (SSSR count). The molecule has 0 saturated carbocycles. The minimum absolute atomic E-state index is 0.581. The Hall–Kier alpha value is -1.13. The molecule has 0 saturated heterocycles. The van der Waals surface area contributed by atoms with Crippen LogP contribution < -0.4 is 10.1 Å². The molecular weight excluding hydrogens is 216 g/mol. The predicted molar refractivity (Wildman–Crippen MR) is 68.0 cm³/mol. The van der Waals surface area contributed by atoms with Crippen molar-refractivity contribution in [3.8, 4) is 5.88 Å². The van der Waals surface area contributed by atoms with Crippen molar-refractivity contribution in [2.45, 2.75) is 38.8 Å². The zero-order chi connectivity index (χ0) is 12.7. The van der Waals surface area contributed by atoms with Crippen LogP contribution in [0.4, 0.5) is 0 Å². The Morgan fingerprint density at radius 1 is 1.41 bits per heavy atom. The van der Waals surface area contributed by atoms with E-state index in [9.17, 15) is 5.11 Å². The van der Waals surface area contributed by atoms with Crippen LogP contribution in [0.5, 0.6) is 5.88 Å². The molecule has 0 bridgehead atoms. The maximum Gasteiger partial charge on any atom is 0.217 e. The van der Waals surface area contributed by atoms with E-state index in [0.29, 0.717) is 19.0 Å². The molecule has 0 aliphatic heterocycles. The van der Waals surface area contributed by atoms with E-state index >= 15 is 0 Å². The largest absolute Gasteiger partial charge is 0.481 e. The van der Waals surface area contributed by atoms with Gasteiger partial charge in [-0.3, -0.25) is 0 Å². The first-order valence-electron chi connectivity index (χ1n) is 6.06. The van der Waals surface area contributed by atoms with Gasteiger partial charge in [0.2, 0.25) is 5.88 Å². The van der Waals surface area contributed by atoms with E-state index in [1.807, 2.05) is 26.0 Å². The van der Waals surface area contributed by atoms with Crippen LogP contribution in [0, 0.1) is 0 Å². The van der Waals surface area contributed by atoms with Gasteiger partial charge in [0.05, 0.1) is 12.7 Å². The molecule has 0 radical (unpaired) electrons. The monoisotopic (exact) mass is 238 g/mol. The summed E-state index contributed by atoms with van der Waals surface area (Å²) in [7, 11) is 1.61. The molecule has 17 heavy (non-hydrogen) atoms. The van der Waals surface area contributed by atoms with Gasteiger partial charge in [-0.15, -0.1) is 0 Å². The van der Waals surface area contributed by atoms with E-state index in [-0.39, 0.29) is 0 Å². The number of aliphatic hydroxyl groups is 1. The van der Waals surface area contributed by atoms with Gasteiger partial charge >= 0.3 is 0 Å². The third kappa shape index (κ3) is 3.98. The fourth-order valence-corrected chi connectivity index (χ4v) is 1.67. The van der Waals surface area contributed by atoms with Crippen LogP contribution in [0.3, 0.4) is 0 Å². The van der Waals surface area contributed by atoms with E-state index in [1.54, 1.807) is 13.3 Å². The summed E-state index contributed by atoms with van der Waals surface area (Å²) < 4.78 is 5.17. The highest BCUT2D eigenvalue weighted by molar-refractivity contribution is 5.24. The fourth-order valence-electron chi connectivity index (χ4n) is 1.67. The number of aromatic nitrogens is 1. The highest BCUT2D eigenvalue weighted by Crippen LogP contribution is 2.15. The second kappa shape index (κ2) is 6.57. The molecule has 1 heterocycles. The first-order chi connectivity index (χ1) is 8.15. The lowest BCUT2D eigenvalue weighted by molar-refractivity contribution is 0.0322. The van der Waals surface area contributed by atoms with Gasteiger partial charge in [0.25, 0.3) is 0 Å². The lowest BCUT2D eigenvalue weighted by Crippen LogP contribution is -2.39. The van der Waals surface area contributed by atoms with E-state index < -0.39 is 5.60 Å². The van der Waals surface area contributed by atoms with Gasteiger partial charge in [-0.2, -0.15) is 0 Å². The molecule has 0 unspecified atom stereocenters. The lowest BCUT2D eigenvalue weighted by Gasteiger charge is -2.25. The molecule has 1 aromatic rings. The van der Waals surface area contributed by atoms with Crippen molar-refractivity contribution in [3.05, 3.63) is 23.9 Å². The van der Waals surface area contributed by atoms with Gasteiger partial charge in [0.15, 0.2) is 0 Å². The van der Waals surface area contributed by atoms with Crippen molar-refractivity contribution in [1.29, 1.82) is 0 Å². The molecule has 0 fully saturated rings. The number of ether oxygens (including phenoxy) is 1. The first kappa shape index (κ1) is 13.9. The Bertz CT molecular complexity index is 338. The van der Waals surface area contributed by atoms with Crippen LogP contribution in [-0.2, 0) is 6.54 Å². The number of nitrogens with zero attached hydrogens (tertiary/aromatic N) is 1. The van der Waals surface area contributed by atoms with Crippen LogP contribution >= 0.6 is 0 Å². The standard InChI is InChI=1S/C13H22N2O2/c1-4-13(16,5-2)10-14-9-11-7-6-8-15-12(11)17-3/h6-8,14,16H,4-5,9-10H2,1-3H3. The number of methoxy groups -OCH3 is 1. The minimum Gasteiger partial charge on any atom is -0.481 e. The summed E-state index contributed by atoms with van der Waals surface area (Å²) in [5, 5.41) is 13.4. The third-order valence-electron chi connectivity index (χ3n) is 3.13. The van der Waals surface area contributed by atoms with Crippen molar-refractivity contribution < 1.29 is 9.84 Å². The topological polar surface area (TPSA) is 54.4 Å². The van der Waals surface area contributed by atoms with Crippen molar-refractivity contribution in [1.82, 2.24) is 10.3 Å².